The minimum absolute atomic E-state index is 0.185. The molecule has 2 aromatic rings. The molecule has 25 heavy (non-hydrogen) atoms. The largest absolute Gasteiger partial charge is 0.493 e. The second kappa shape index (κ2) is 8.53. The van der Waals surface area contributed by atoms with E-state index in [4.69, 9.17) is 14.2 Å². The number of carbonyl (C=O) groups excluding carboxylic acids is 2. The molecule has 0 saturated heterocycles. The molecule has 0 aromatic heterocycles. The van der Waals surface area contributed by atoms with Gasteiger partial charge < -0.3 is 19.5 Å². The van der Waals surface area contributed by atoms with E-state index in [9.17, 15) is 9.59 Å². The van der Waals surface area contributed by atoms with Gasteiger partial charge in [-0.1, -0.05) is 22.0 Å². The molecule has 0 radical (unpaired) electrons. The monoisotopic (exact) mass is 407 g/mol. The van der Waals surface area contributed by atoms with Crippen LogP contribution in [0.3, 0.4) is 0 Å². The molecule has 1 atom stereocenters. The Balaban J connectivity index is 2.07. The van der Waals surface area contributed by atoms with Crippen LogP contribution in [0.15, 0.2) is 46.9 Å². The Labute approximate surface area is 154 Å². The van der Waals surface area contributed by atoms with Crippen LogP contribution in [0.2, 0.25) is 0 Å². The molecule has 0 saturated carbocycles. The number of ether oxygens (including phenoxy) is 3. The van der Waals surface area contributed by atoms with Crippen LogP contribution < -0.4 is 14.8 Å². The summed E-state index contributed by atoms with van der Waals surface area (Å²) in [5, 5.41) is 2.68. The maximum atomic E-state index is 12.4. The van der Waals surface area contributed by atoms with Crippen molar-refractivity contribution in [2.24, 2.45) is 0 Å². The van der Waals surface area contributed by atoms with Crippen LogP contribution in [0.1, 0.15) is 17.3 Å². The Hall–Kier alpha value is -2.54. The van der Waals surface area contributed by atoms with Gasteiger partial charge in [0.15, 0.2) is 17.6 Å². The Morgan fingerprint density at radius 3 is 2.32 bits per heavy atom. The molecule has 0 unspecified atom stereocenters. The fraction of sp³-hybridized carbons (Fsp3) is 0.222. The first-order valence-corrected chi connectivity index (χ1v) is 8.24. The third kappa shape index (κ3) is 4.73. The zero-order valence-electron chi connectivity index (χ0n) is 14.0. The van der Waals surface area contributed by atoms with E-state index in [0.29, 0.717) is 11.4 Å². The molecule has 0 spiro atoms. The minimum Gasteiger partial charge on any atom is -0.493 e. The van der Waals surface area contributed by atoms with E-state index >= 15 is 0 Å². The van der Waals surface area contributed by atoms with Crippen molar-refractivity contribution >= 4 is 33.5 Å². The first-order valence-electron chi connectivity index (χ1n) is 7.44. The van der Waals surface area contributed by atoms with Crippen LogP contribution in [0.4, 0.5) is 5.69 Å². The third-order valence-electron chi connectivity index (χ3n) is 3.39. The third-order valence-corrected chi connectivity index (χ3v) is 3.92. The lowest BCUT2D eigenvalue weighted by Crippen LogP contribution is -2.30. The van der Waals surface area contributed by atoms with E-state index < -0.39 is 18.0 Å². The number of anilines is 1. The smallest absolute Gasteiger partial charge is 0.342 e. The number of halogens is 1. The van der Waals surface area contributed by atoms with Gasteiger partial charge in [-0.2, -0.15) is 0 Å². The predicted octanol–water partition coefficient (Wildman–Crippen LogP) is 3.65. The molecule has 7 heteroatoms. The maximum Gasteiger partial charge on any atom is 0.342 e. The number of para-hydroxylation sites is 1. The standard InChI is InChI=1S/C18H18BrNO5/c1-11(17(21)20-13-9-7-12(19)8-10-13)25-18(22)14-5-4-6-15(23-2)16(14)24-3/h4-11H,1-3H3,(H,20,21)/t11-/m0/s1. The molecule has 132 valence electrons. The van der Waals surface area contributed by atoms with Crippen molar-refractivity contribution in [3.05, 3.63) is 52.5 Å². The first kappa shape index (κ1) is 18.8. The highest BCUT2D eigenvalue weighted by atomic mass is 79.9. The number of hydrogen-bond donors (Lipinski definition) is 1. The average Bonchev–Trinajstić information content (AvgIpc) is 2.62. The second-order valence-electron chi connectivity index (χ2n) is 5.08. The van der Waals surface area contributed by atoms with Crippen molar-refractivity contribution in [1.82, 2.24) is 0 Å². The maximum absolute atomic E-state index is 12.4. The Morgan fingerprint density at radius 2 is 1.72 bits per heavy atom. The van der Waals surface area contributed by atoms with Gasteiger partial charge in [-0.25, -0.2) is 4.79 Å². The van der Waals surface area contributed by atoms with Gasteiger partial charge in [-0.15, -0.1) is 0 Å². The molecule has 0 bridgehead atoms. The van der Waals surface area contributed by atoms with Gasteiger partial charge in [0, 0.05) is 10.2 Å². The van der Waals surface area contributed by atoms with Crippen LogP contribution in [0.25, 0.3) is 0 Å². The zero-order chi connectivity index (χ0) is 18.4. The zero-order valence-corrected chi connectivity index (χ0v) is 15.6. The summed E-state index contributed by atoms with van der Waals surface area (Å²) in [5.74, 6) is -0.439. The summed E-state index contributed by atoms with van der Waals surface area (Å²) in [4.78, 5) is 24.5. The summed E-state index contributed by atoms with van der Waals surface area (Å²) in [6.45, 7) is 1.50. The number of carbonyl (C=O) groups is 2. The number of hydrogen-bond acceptors (Lipinski definition) is 5. The molecule has 6 nitrogen and oxygen atoms in total. The fourth-order valence-electron chi connectivity index (χ4n) is 2.10. The lowest BCUT2D eigenvalue weighted by atomic mass is 10.2. The van der Waals surface area contributed by atoms with E-state index in [-0.39, 0.29) is 11.3 Å². The van der Waals surface area contributed by atoms with Crippen molar-refractivity contribution in [2.45, 2.75) is 13.0 Å². The van der Waals surface area contributed by atoms with Crippen LogP contribution in [-0.2, 0) is 9.53 Å². The molecule has 2 aromatic carbocycles. The average molecular weight is 408 g/mol. The van der Waals surface area contributed by atoms with Crippen LogP contribution >= 0.6 is 15.9 Å². The highest BCUT2D eigenvalue weighted by molar-refractivity contribution is 9.10. The van der Waals surface area contributed by atoms with Gasteiger partial charge in [0.2, 0.25) is 0 Å². The van der Waals surface area contributed by atoms with Crippen LogP contribution in [0.5, 0.6) is 11.5 Å². The van der Waals surface area contributed by atoms with Gasteiger partial charge in [0.25, 0.3) is 5.91 Å². The van der Waals surface area contributed by atoms with Crippen LogP contribution in [0, 0.1) is 0 Å². The Kier molecular flexibility index (Phi) is 6.41. The van der Waals surface area contributed by atoms with Gasteiger partial charge in [-0.05, 0) is 43.3 Å². The highest BCUT2D eigenvalue weighted by Crippen LogP contribution is 2.31. The quantitative estimate of drug-likeness (QED) is 0.739. The highest BCUT2D eigenvalue weighted by Gasteiger charge is 2.23. The van der Waals surface area contributed by atoms with Gasteiger partial charge in [0.1, 0.15) is 5.56 Å². The Bertz CT molecular complexity index is 761. The SMILES string of the molecule is COc1cccc(C(=O)O[C@@H](C)C(=O)Nc2ccc(Br)cc2)c1OC. The molecule has 0 aliphatic rings. The number of benzene rings is 2. The van der Waals surface area contributed by atoms with E-state index in [1.165, 1.54) is 21.1 Å². The van der Waals surface area contributed by atoms with E-state index in [2.05, 4.69) is 21.2 Å². The number of esters is 1. The molecule has 0 aliphatic heterocycles. The molecule has 1 amide bonds. The second-order valence-corrected chi connectivity index (χ2v) is 6.00. The van der Waals surface area contributed by atoms with Gasteiger partial charge >= 0.3 is 5.97 Å². The summed E-state index contributed by atoms with van der Waals surface area (Å²) >= 11 is 3.32. The summed E-state index contributed by atoms with van der Waals surface area (Å²) < 4.78 is 16.5. The van der Waals surface area contributed by atoms with Gasteiger partial charge in [-0.3, -0.25) is 4.79 Å². The molecule has 2 rings (SSSR count). The topological polar surface area (TPSA) is 73.9 Å². The molecular weight excluding hydrogens is 390 g/mol. The van der Waals surface area contributed by atoms with Crippen molar-refractivity contribution in [1.29, 1.82) is 0 Å². The summed E-state index contributed by atoms with van der Waals surface area (Å²) in [6.07, 6.45) is -0.980. The number of nitrogens with one attached hydrogen (secondary N) is 1. The summed E-state index contributed by atoms with van der Waals surface area (Å²) in [5.41, 5.74) is 0.792. The lowest BCUT2D eigenvalue weighted by Gasteiger charge is -2.16. The summed E-state index contributed by atoms with van der Waals surface area (Å²) in [6, 6.07) is 11.9. The number of amides is 1. The predicted molar refractivity (Wildman–Crippen MR) is 97.2 cm³/mol. The van der Waals surface area contributed by atoms with Gasteiger partial charge in [0.05, 0.1) is 14.2 Å². The van der Waals surface area contributed by atoms with Crippen molar-refractivity contribution in [2.75, 3.05) is 19.5 Å². The fourth-order valence-corrected chi connectivity index (χ4v) is 2.37. The first-order chi connectivity index (χ1) is 12.0. The van der Waals surface area contributed by atoms with Crippen molar-refractivity contribution < 1.29 is 23.8 Å². The molecule has 0 heterocycles. The van der Waals surface area contributed by atoms with Crippen molar-refractivity contribution in [3.8, 4) is 11.5 Å². The normalized spacial score (nSPS) is 11.4. The lowest BCUT2D eigenvalue weighted by molar-refractivity contribution is -0.123. The molecule has 0 fully saturated rings. The molecule has 1 N–H and O–H groups in total. The number of rotatable bonds is 6. The summed E-state index contributed by atoms with van der Waals surface area (Å²) in [7, 11) is 2.90. The van der Waals surface area contributed by atoms with E-state index in [0.717, 1.165) is 4.47 Å². The van der Waals surface area contributed by atoms with E-state index in [1.807, 2.05) is 0 Å². The minimum atomic E-state index is -0.980. The molecule has 0 aliphatic carbocycles. The molecular formula is C18H18BrNO5. The van der Waals surface area contributed by atoms with Crippen LogP contribution in [-0.4, -0.2) is 32.2 Å². The van der Waals surface area contributed by atoms with E-state index in [1.54, 1.807) is 42.5 Å². The number of methoxy groups -OCH3 is 2. The van der Waals surface area contributed by atoms with Crippen molar-refractivity contribution in [3.63, 3.8) is 0 Å². The Morgan fingerprint density at radius 1 is 1.04 bits per heavy atom.